The van der Waals surface area contributed by atoms with Crippen molar-refractivity contribution in [2.45, 2.75) is 19.4 Å². The molecule has 0 fully saturated rings. The lowest BCUT2D eigenvalue weighted by Gasteiger charge is -2.27. The van der Waals surface area contributed by atoms with Gasteiger partial charge in [-0.1, -0.05) is 12.1 Å². The van der Waals surface area contributed by atoms with Crippen LogP contribution in [0.15, 0.2) is 24.3 Å². The Kier molecular flexibility index (Phi) is 7.50. The van der Waals surface area contributed by atoms with E-state index in [4.69, 9.17) is 9.47 Å². The van der Waals surface area contributed by atoms with Crippen LogP contribution in [-0.4, -0.2) is 62.6 Å². The van der Waals surface area contributed by atoms with Gasteiger partial charge < -0.3 is 24.8 Å². The van der Waals surface area contributed by atoms with E-state index < -0.39 is 5.60 Å². The molecule has 1 aromatic carbocycles. The standard InChI is InChI=1S/C16H28N2O3/c1-5-20-14-8-6-7-9-15(14)21-11-10-17-12-16(2,19)13-18(3)4/h6-9,17,19H,5,10-13H2,1-4H3. The lowest BCUT2D eigenvalue weighted by atomic mass is 10.1. The van der Waals surface area contributed by atoms with Gasteiger partial charge in [0.05, 0.1) is 12.2 Å². The van der Waals surface area contributed by atoms with Crippen molar-refractivity contribution in [1.29, 1.82) is 0 Å². The Morgan fingerprint density at radius 3 is 2.38 bits per heavy atom. The monoisotopic (exact) mass is 296 g/mol. The third-order valence-electron chi connectivity index (χ3n) is 2.85. The summed E-state index contributed by atoms with van der Waals surface area (Å²) >= 11 is 0. The number of rotatable bonds is 10. The molecule has 5 heteroatoms. The third kappa shape index (κ3) is 7.32. The van der Waals surface area contributed by atoms with Crippen molar-refractivity contribution in [3.63, 3.8) is 0 Å². The molecule has 0 heterocycles. The maximum atomic E-state index is 10.2. The Labute approximate surface area is 127 Å². The summed E-state index contributed by atoms with van der Waals surface area (Å²) < 4.78 is 11.2. The molecule has 0 aliphatic carbocycles. The largest absolute Gasteiger partial charge is 0.490 e. The maximum Gasteiger partial charge on any atom is 0.161 e. The Morgan fingerprint density at radius 1 is 1.19 bits per heavy atom. The molecule has 0 saturated heterocycles. The van der Waals surface area contributed by atoms with Crippen molar-refractivity contribution in [2.75, 3.05) is 46.9 Å². The zero-order valence-corrected chi connectivity index (χ0v) is 13.6. The van der Waals surface area contributed by atoms with Crippen LogP contribution in [0, 0.1) is 0 Å². The number of likely N-dealkylation sites (N-methyl/N-ethyl adjacent to an activating group) is 1. The molecule has 120 valence electrons. The lowest BCUT2D eigenvalue weighted by Crippen LogP contribution is -2.46. The molecule has 0 aromatic heterocycles. The molecule has 0 spiro atoms. The lowest BCUT2D eigenvalue weighted by molar-refractivity contribution is 0.0333. The van der Waals surface area contributed by atoms with Crippen LogP contribution in [0.4, 0.5) is 0 Å². The van der Waals surface area contributed by atoms with Crippen molar-refractivity contribution < 1.29 is 14.6 Å². The number of nitrogens with zero attached hydrogens (tertiary/aromatic N) is 1. The molecule has 0 amide bonds. The van der Waals surface area contributed by atoms with Crippen molar-refractivity contribution in [1.82, 2.24) is 10.2 Å². The normalized spacial score (nSPS) is 14.0. The van der Waals surface area contributed by atoms with Crippen molar-refractivity contribution >= 4 is 0 Å². The van der Waals surface area contributed by atoms with E-state index in [2.05, 4.69) is 5.32 Å². The second-order valence-electron chi connectivity index (χ2n) is 5.64. The van der Waals surface area contributed by atoms with Gasteiger partial charge in [0.15, 0.2) is 11.5 Å². The highest BCUT2D eigenvalue weighted by atomic mass is 16.5. The van der Waals surface area contributed by atoms with Crippen LogP contribution in [-0.2, 0) is 0 Å². The number of hydrogen-bond acceptors (Lipinski definition) is 5. The number of ether oxygens (including phenoxy) is 2. The molecule has 0 aliphatic heterocycles. The summed E-state index contributed by atoms with van der Waals surface area (Å²) in [6.45, 7) is 6.74. The van der Waals surface area contributed by atoms with E-state index in [1.807, 2.05) is 57.1 Å². The van der Waals surface area contributed by atoms with Crippen LogP contribution < -0.4 is 14.8 Å². The minimum atomic E-state index is -0.743. The zero-order valence-electron chi connectivity index (χ0n) is 13.6. The molecule has 1 unspecified atom stereocenters. The van der Waals surface area contributed by atoms with Crippen LogP contribution in [0.2, 0.25) is 0 Å². The molecule has 0 bridgehead atoms. The van der Waals surface area contributed by atoms with E-state index in [1.165, 1.54) is 0 Å². The summed E-state index contributed by atoms with van der Waals surface area (Å²) in [5, 5.41) is 13.4. The van der Waals surface area contributed by atoms with E-state index in [1.54, 1.807) is 0 Å². The van der Waals surface area contributed by atoms with Crippen LogP contribution >= 0.6 is 0 Å². The van der Waals surface area contributed by atoms with Crippen molar-refractivity contribution in [2.24, 2.45) is 0 Å². The van der Waals surface area contributed by atoms with E-state index in [-0.39, 0.29) is 0 Å². The van der Waals surface area contributed by atoms with Gasteiger partial charge in [0.2, 0.25) is 0 Å². The fraction of sp³-hybridized carbons (Fsp3) is 0.625. The van der Waals surface area contributed by atoms with Crippen molar-refractivity contribution in [3.05, 3.63) is 24.3 Å². The summed E-state index contributed by atoms with van der Waals surface area (Å²) in [5.74, 6) is 1.51. The van der Waals surface area contributed by atoms with Gasteiger partial charge in [-0.25, -0.2) is 0 Å². The zero-order chi connectivity index (χ0) is 15.7. The summed E-state index contributed by atoms with van der Waals surface area (Å²) in [4.78, 5) is 1.97. The molecule has 1 aromatic rings. The van der Waals surface area contributed by atoms with E-state index >= 15 is 0 Å². The predicted octanol–water partition coefficient (Wildman–Crippen LogP) is 1.37. The molecule has 0 aliphatic rings. The SMILES string of the molecule is CCOc1ccccc1OCCNCC(C)(O)CN(C)C. The van der Waals surface area contributed by atoms with Gasteiger partial charge in [0.25, 0.3) is 0 Å². The summed E-state index contributed by atoms with van der Waals surface area (Å²) in [6, 6.07) is 7.64. The fourth-order valence-electron chi connectivity index (χ4n) is 2.17. The molecular weight excluding hydrogens is 268 g/mol. The minimum Gasteiger partial charge on any atom is -0.490 e. The molecule has 1 rings (SSSR count). The van der Waals surface area contributed by atoms with E-state index in [0.717, 1.165) is 11.5 Å². The highest BCUT2D eigenvalue weighted by molar-refractivity contribution is 5.39. The molecular formula is C16H28N2O3. The van der Waals surface area contributed by atoms with Gasteiger partial charge in [0.1, 0.15) is 6.61 Å². The molecule has 0 saturated carbocycles. The Hall–Kier alpha value is -1.30. The first-order valence-corrected chi connectivity index (χ1v) is 7.37. The number of aliphatic hydroxyl groups is 1. The number of para-hydroxylation sites is 2. The topological polar surface area (TPSA) is 54.0 Å². The number of nitrogens with one attached hydrogen (secondary N) is 1. The first-order valence-electron chi connectivity index (χ1n) is 7.37. The molecule has 2 N–H and O–H groups in total. The van der Waals surface area contributed by atoms with Gasteiger partial charge in [-0.15, -0.1) is 0 Å². The first-order chi connectivity index (χ1) is 9.94. The van der Waals surface area contributed by atoms with Crippen LogP contribution in [0.3, 0.4) is 0 Å². The Balaban J connectivity index is 2.28. The first kappa shape index (κ1) is 17.8. The van der Waals surface area contributed by atoms with Crippen LogP contribution in [0.1, 0.15) is 13.8 Å². The number of hydrogen-bond donors (Lipinski definition) is 2. The average Bonchev–Trinajstić information content (AvgIpc) is 2.39. The molecule has 21 heavy (non-hydrogen) atoms. The highest BCUT2D eigenvalue weighted by Gasteiger charge is 2.20. The third-order valence-corrected chi connectivity index (χ3v) is 2.85. The second-order valence-corrected chi connectivity index (χ2v) is 5.64. The Morgan fingerprint density at radius 2 is 1.81 bits per heavy atom. The summed E-state index contributed by atoms with van der Waals surface area (Å²) in [5.41, 5.74) is -0.743. The molecule has 1 atom stereocenters. The van der Waals surface area contributed by atoms with Gasteiger partial charge in [-0.3, -0.25) is 0 Å². The smallest absolute Gasteiger partial charge is 0.161 e. The predicted molar refractivity (Wildman–Crippen MR) is 85.2 cm³/mol. The highest BCUT2D eigenvalue weighted by Crippen LogP contribution is 2.25. The van der Waals surface area contributed by atoms with E-state index in [9.17, 15) is 5.11 Å². The second kappa shape index (κ2) is 8.87. The van der Waals surface area contributed by atoms with Gasteiger partial charge in [0, 0.05) is 19.6 Å². The maximum absolute atomic E-state index is 10.2. The fourth-order valence-corrected chi connectivity index (χ4v) is 2.17. The molecule has 0 radical (unpaired) electrons. The quantitative estimate of drug-likeness (QED) is 0.639. The van der Waals surface area contributed by atoms with Crippen LogP contribution in [0.25, 0.3) is 0 Å². The average molecular weight is 296 g/mol. The van der Waals surface area contributed by atoms with Gasteiger partial charge in [-0.2, -0.15) is 0 Å². The van der Waals surface area contributed by atoms with E-state index in [0.29, 0.717) is 32.8 Å². The summed E-state index contributed by atoms with van der Waals surface area (Å²) in [6.07, 6.45) is 0. The minimum absolute atomic E-state index is 0.529. The number of benzene rings is 1. The van der Waals surface area contributed by atoms with Gasteiger partial charge in [-0.05, 0) is 40.1 Å². The molecule has 5 nitrogen and oxygen atoms in total. The van der Waals surface area contributed by atoms with Crippen molar-refractivity contribution in [3.8, 4) is 11.5 Å². The Bertz CT molecular complexity index is 408. The van der Waals surface area contributed by atoms with Crippen LogP contribution in [0.5, 0.6) is 11.5 Å². The summed E-state index contributed by atoms with van der Waals surface area (Å²) in [7, 11) is 3.89. The van der Waals surface area contributed by atoms with Gasteiger partial charge >= 0.3 is 0 Å².